The molecule has 2 unspecified atom stereocenters. The SMILES string of the molecule is OCC1O[C@H](Sc2cc(Cl)c(Cl)c(Cl)c2)C(O)[C@@H](n2cc(-c3nccs3)nn2)[C@H]1O. The number of benzene rings is 1. The minimum absolute atomic E-state index is 0.228. The predicted octanol–water partition coefficient (Wildman–Crippen LogP) is 3.13. The quantitative estimate of drug-likeness (QED) is 0.450. The lowest BCUT2D eigenvalue weighted by atomic mass is 9.97. The highest BCUT2D eigenvalue weighted by Crippen LogP contribution is 2.41. The molecule has 8 nitrogen and oxygen atoms in total. The van der Waals surface area contributed by atoms with E-state index in [0.29, 0.717) is 15.6 Å². The highest BCUT2D eigenvalue weighted by molar-refractivity contribution is 7.99. The number of thiazole rings is 1. The van der Waals surface area contributed by atoms with Gasteiger partial charge in [0.15, 0.2) is 0 Å². The third-order valence-corrected chi connectivity index (χ3v) is 7.65. The van der Waals surface area contributed by atoms with E-state index in [9.17, 15) is 15.3 Å². The van der Waals surface area contributed by atoms with E-state index < -0.39 is 36.4 Å². The van der Waals surface area contributed by atoms with Gasteiger partial charge < -0.3 is 20.1 Å². The molecule has 0 aliphatic carbocycles. The van der Waals surface area contributed by atoms with Gasteiger partial charge in [-0.05, 0) is 12.1 Å². The third kappa shape index (κ3) is 4.34. The average molecular weight is 510 g/mol. The van der Waals surface area contributed by atoms with Crippen LogP contribution in [0.3, 0.4) is 0 Å². The van der Waals surface area contributed by atoms with Crippen molar-refractivity contribution in [3.63, 3.8) is 0 Å². The van der Waals surface area contributed by atoms with Crippen LogP contribution in [0.4, 0.5) is 0 Å². The molecule has 0 saturated carbocycles. The lowest BCUT2D eigenvalue weighted by molar-refractivity contribution is -0.178. The number of aliphatic hydroxyl groups is 3. The van der Waals surface area contributed by atoms with Gasteiger partial charge in [-0.15, -0.1) is 16.4 Å². The first kappa shape index (κ1) is 22.3. The molecule has 0 spiro atoms. The number of aliphatic hydroxyl groups excluding tert-OH is 3. The maximum atomic E-state index is 11.0. The Morgan fingerprint density at radius 1 is 1.17 bits per heavy atom. The van der Waals surface area contributed by atoms with Gasteiger partial charge in [-0.1, -0.05) is 51.8 Å². The number of aromatic nitrogens is 4. The number of thioether (sulfide) groups is 1. The molecule has 13 heteroatoms. The van der Waals surface area contributed by atoms with Gasteiger partial charge in [-0.25, -0.2) is 9.67 Å². The van der Waals surface area contributed by atoms with Gasteiger partial charge in [0.1, 0.15) is 40.5 Å². The third-order valence-electron chi connectivity index (χ3n) is 4.53. The van der Waals surface area contributed by atoms with E-state index in [2.05, 4.69) is 15.3 Å². The van der Waals surface area contributed by atoms with Crippen LogP contribution in [0.15, 0.2) is 34.8 Å². The molecule has 160 valence electrons. The van der Waals surface area contributed by atoms with Gasteiger partial charge in [0, 0.05) is 16.5 Å². The summed E-state index contributed by atoms with van der Waals surface area (Å²) in [5.74, 6) is 0. The first-order valence-corrected chi connectivity index (χ1v) is 11.5. The number of hydrogen-bond acceptors (Lipinski definition) is 9. The second-order valence-corrected chi connectivity index (χ2v) is 9.70. The Bertz CT molecular complexity index is 999. The van der Waals surface area contributed by atoms with Crippen molar-refractivity contribution in [3.8, 4) is 10.7 Å². The summed E-state index contributed by atoms with van der Waals surface area (Å²) in [6.07, 6.45) is -0.111. The predicted molar refractivity (Wildman–Crippen MR) is 115 cm³/mol. The molecule has 1 aliphatic rings. The molecule has 1 aromatic carbocycles. The normalized spacial score (nSPS) is 26.8. The van der Waals surface area contributed by atoms with Crippen LogP contribution in [0, 0.1) is 0 Å². The number of rotatable bonds is 5. The van der Waals surface area contributed by atoms with Gasteiger partial charge in [-0.2, -0.15) is 0 Å². The van der Waals surface area contributed by atoms with E-state index in [1.165, 1.54) is 16.0 Å². The molecule has 3 heterocycles. The van der Waals surface area contributed by atoms with Crippen molar-refractivity contribution in [2.24, 2.45) is 0 Å². The zero-order valence-corrected chi connectivity index (χ0v) is 18.9. The maximum absolute atomic E-state index is 11.0. The Morgan fingerprint density at radius 3 is 2.53 bits per heavy atom. The molecule has 1 saturated heterocycles. The fraction of sp³-hybridized carbons (Fsp3) is 0.353. The minimum Gasteiger partial charge on any atom is -0.394 e. The summed E-state index contributed by atoms with van der Waals surface area (Å²) in [5.41, 5.74) is -0.340. The van der Waals surface area contributed by atoms with Crippen LogP contribution in [0.25, 0.3) is 10.7 Å². The zero-order chi connectivity index (χ0) is 21.4. The van der Waals surface area contributed by atoms with Crippen molar-refractivity contribution in [3.05, 3.63) is 45.0 Å². The smallest absolute Gasteiger partial charge is 0.145 e. The molecule has 5 atom stereocenters. The Hall–Kier alpha value is -0.950. The van der Waals surface area contributed by atoms with Crippen LogP contribution in [-0.4, -0.2) is 65.7 Å². The lowest BCUT2D eigenvalue weighted by Crippen LogP contribution is -2.55. The van der Waals surface area contributed by atoms with Crippen molar-refractivity contribution >= 4 is 57.9 Å². The molecule has 3 aromatic rings. The monoisotopic (exact) mass is 508 g/mol. The Morgan fingerprint density at radius 2 is 1.90 bits per heavy atom. The number of hydrogen-bond donors (Lipinski definition) is 3. The van der Waals surface area contributed by atoms with Crippen molar-refractivity contribution in [2.45, 2.75) is 34.7 Å². The molecular formula is C17H15Cl3N4O4S2. The molecular weight excluding hydrogens is 495 g/mol. The van der Waals surface area contributed by atoms with Gasteiger partial charge in [-0.3, -0.25) is 0 Å². The summed E-state index contributed by atoms with van der Waals surface area (Å²) in [5, 5.41) is 42.7. The van der Waals surface area contributed by atoms with E-state index >= 15 is 0 Å². The molecule has 4 rings (SSSR count). The first-order chi connectivity index (χ1) is 14.4. The van der Waals surface area contributed by atoms with Gasteiger partial charge in [0.05, 0.1) is 27.9 Å². The molecule has 0 amide bonds. The fourth-order valence-corrected chi connectivity index (χ4v) is 5.53. The van der Waals surface area contributed by atoms with E-state index in [1.807, 2.05) is 5.38 Å². The van der Waals surface area contributed by atoms with Crippen molar-refractivity contribution < 1.29 is 20.1 Å². The molecule has 3 N–H and O–H groups in total. The van der Waals surface area contributed by atoms with Crippen LogP contribution in [0.5, 0.6) is 0 Å². The summed E-state index contributed by atoms with van der Waals surface area (Å²) in [6.45, 7) is -0.447. The standard InChI is InChI=1S/C17H15Cl3N4O4S2/c18-8-3-7(4-9(19)12(8)20)30-17-15(27)13(14(26)11(6-25)28-17)24-5-10(22-23-24)16-21-1-2-29-16/h1-5,11,13-15,17,25-27H,6H2/t11?,13-,14-,15?,17+/m0/s1. The second kappa shape index (κ2) is 9.27. The summed E-state index contributed by atoms with van der Waals surface area (Å²) in [6, 6.07) is 2.29. The van der Waals surface area contributed by atoms with Crippen molar-refractivity contribution in [1.29, 1.82) is 0 Å². The van der Waals surface area contributed by atoms with Crippen molar-refractivity contribution in [1.82, 2.24) is 20.0 Å². The molecule has 2 aromatic heterocycles. The number of nitrogens with zero attached hydrogens (tertiary/aromatic N) is 4. The minimum atomic E-state index is -1.22. The van der Waals surface area contributed by atoms with E-state index in [-0.39, 0.29) is 15.1 Å². The van der Waals surface area contributed by atoms with Gasteiger partial charge in [0.25, 0.3) is 0 Å². The highest BCUT2D eigenvalue weighted by atomic mass is 35.5. The van der Waals surface area contributed by atoms with E-state index in [4.69, 9.17) is 39.5 Å². The summed E-state index contributed by atoms with van der Waals surface area (Å²) in [7, 11) is 0. The fourth-order valence-electron chi connectivity index (χ4n) is 3.08. The number of halogens is 3. The average Bonchev–Trinajstić information content (AvgIpc) is 3.40. The topological polar surface area (TPSA) is 114 Å². The Labute approximate surface area is 194 Å². The van der Waals surface area contributed by atoms with E-state index in [0.717, 1.165) is 11.8 Å². The van der Waals surface area contributed by atoms with Crippen molar-refractivity contribution in [2.75, 3.05) is 6.61 Å². The van der Waals surface area contributed by atoms with E-state index in [1.54, 1.807) is 24.5 Å². The van der Waals surface area contributed by atoms with Gasteiger partial charge >= 0.3 is 0 Å². The first-order valence-electron chi connectivity index (χ1n) is 8.64. The maximum Gasteiger partial charge on any atom is 0.145 e. The van der Waals surface area contributed by atoms with Crippen LogP contribution < -0.4 is 0 Å². The highest BCUT2D eigenvalue weighted by Gasteiger charge is 2.46. The Balaban J connectivity index is 1.62. The van der Waals surface area contributed by atoms with Crippen LogP contribution in [0.1, 0.15) is 6.04 Å². The van der Waals surface area contributed by atoms with Crippen LogP contribution in [0.2, 0.25) is 15.1 Å². The van der Waals surface area contributed by atoms with Crippen LogP contribution >= 0.6 is 57.9 Å². The number of ether oxygens (including phenoxy) is 1. The van der Waals surface area contributed by atoms with Crippen LogP contribution in [-0.2, 0) is 4.74 Å². The molecule has 0 bridgehead atoms. The molecule has 30 heavy (non-hydrogen) atoms. The zero-order valence-electron chi connectivity index (χ0n) is 15.0. The molecule has 1 fully saturated rings. The Kier molecular flexibility index (Phi) is 6.88. The summed E-state index contributed by atoms with van der Waals surface area (Å²) < 4.78 is 7.09. The van der Waals surface area contributed by atoms with Gasteiger partial charge in [0.2, 0.25) is 0 Å². The summed E-state index contributed by atoms with van der Waals surface area (Å²) >= 11 is 20.7. The molecule has 0 radical (unpaired) electrons. The lowest BCUT2D eigenvalue weighted by Gasteiger charge is -2.41. The molecule has 1 aliphatic heterocycles. The largest absolute Gasteiger partial charge is 0.394 e. The second-order valence-electron chi connectivity index (χ2n) is 6.44. The summed E-state index contributed by atoms with van der Waals surface area (Å²) in [4.78, 5) is 4.79.